The smallest absolute Gasteiger partial charge is 0.0969 e. The third kappa shape index (κ3) is 38.8. The van der Waals surface area contributed by atoms with Gasteiger partial charge in [0.1, 0.15) is 0 Å². The normalized spacial score (nSPS) is 8.82. The van der Waals surface area contributed by atoms with E-state index in [1.807, 2.05) is 0 Å². The molecule has 0 aromatic carbocycles. The summed E-state index contributed by atoms with van der Waals surface area (Å²) >= 11 is 0. The number of carboxylic acids is 1. The molecule has 0 aromatic rings. The molecule has 0 bridgehead atoms. The molecule has 68 valence electrons. The van der Waals surface area contributed by atoms with Crippen LogP contribution in [0.2, 0.25) is 0 Å². The Hall–Kier alpha value is 0.210. The number of carboxylic acid groups (broad SMARTS) is 1. The molecule has 0 rings (SSSR count). The predicted octanol–water partition coefficient (Wildman–Crippen LogP) is -1.35. The summed E-state index contributed by atoms with van der Waals surface area (Å²) in [5.74, 6) is -1.07. The first-order valence-electron chi connectivity index (χ1n) is 3.10. The van der Waals surface area contributed by atoms with Gasteiger partial charge in [0.25, 0.3) is 0 Å². The fourth-order valence-corrected chi connectivity index (χ4v) is 0.319. The highest BCUT2D eigenvalue weighted by Crippen LogP contribution is 1.68. The second-order valence-corrected chi connectivity index (χ2v) is 5.09. The van der Waals surface area contributed by atoms with Crippen LogP contribution < -0.4 is 10.4 Å². The van der Waals surface area contributed by atoms with E-state index < -0.39 is 5.97 Å². The molecule has 0 heterocycles. The highest BCUT2D eigenvalue weighted by Gasteiger charge is 1.78. The molecule has 0 saturated carbocycles. The summed E-state index contributed by atoms with van der Waals surface area (Å²) in [6.45, 7) is -0.0660. The molecular weight excluding hydrogens is 181 g/mol. The molecule has 1 N–H and O–H groups in total. The highest BCUT2D eigenvalue weighted by atomic mass is 32.2. The summed E-state index contributed by atoms with van der Waals surface area (Å²) in [4.78, 5) is 9.58. The van der Waals surface area contributed by atoms with Crippen LogP contribution in [-0.4, -0.2) is 37.6 Å². The Balaban J connectivity index is 0. The lowest BCUT2D eigenvalue weighted by molar-refractivity contribution is -0.303. The van der Waals surface area contributed by atoms with Crippen LogP contribution in [-0.2, 0) is 15.7 Å². The van der Waals surface area contributed by atoms with Crippen molar-refractivity contribution in [2.75, 3.05) is 31.6 Å². The van der Waals surface area contributed by atoms with Gasteiger partial charge in [-0.05, 0) is 10.9 Å². The van der Waals surface area contributed by atoms with Gasteiger partial charge in [0, 0.05) is 12.8 Å². The largest absolute Gasteiger partial charge is 0.549 e. The molecule has 3 nitrogen and oxygen atoms in total. The maximum absolute atomic E-state index is 9.58. The van der Waals surface area contributed by atoms with Gasteiger partial charge in [0.05, 0.1) is 24.7 Å². The van der Waals surface area contributed by atoms with Crippen molar-refractivity contribution in [1.82, 2.24) is 5.32 Å². The first-order chi connectivity index (χ1) is 5.00. The van der Waals surface area contributed by atoms with Crippen LogP contribution in [0.1, 0.15) is 0 Å². The molecule has 1 atom stereocenters. The summed E-state index contributed by atoms with van der Waals surface area (Å²) in [6.07, 6.45) is 7.17. The molecule has 0 spiro atoms. The van der Waals surface area contributed by atoms with Crippen molar-refractivity contribution in [3.8, 4) is 0 Å². The number of hydrogen-bond acceptors (Lipinski definition) is 3. The second kappa shape index (κ2) is 10.2. The maximum Gasteiger partial charge on any atom is 0.0969 e. The van der Waals surface area contributed by atoms with E-state index in [-0.39, 0.29) is 6.54 Å². The number of hydrogen-bond donors (Lipinski definition) is 1. The van der Waals surface area contributed by atoms with Crippen molar-refractivity contribution in [2.24, 2.45) is 0 Å². The lowest BCUT2D eigenvalue weighted by Crippen LogP contribution is -2.33. The summed E-state index contributed by atoms with van der Waals surface area (Å²) in [5.41, 5.74) is 0. The van der Waals surface area contributed by atoms with Crippen LogP contribution in [0, 0.1) is 0 Å². The molecule has 0 radical (unpaired) electrons. The van der Waals surface area contributed by atoms with E-state index in [1.54, 1.807) is 0 Å². The van der Waals surface area contributed by atoms with Crippen LogP contribution in [0.5, 0.6) is 0 Å². The van der Waals surface area contributed by atoms with Gasteiger partial charge in [-0.3, -0.25) is 0 Å². The molecule has 11 heavy (non-hydrogen) atoms. The number of aliphatic carboxylic acids is 1. The zero-order valence-electron chi connectivity index (χ0n) is 7.22. The zero-order valence-corrected chi connectivity index (χ0v) is 9.19. The van der Waals surface area contributed by atoms with E-state index in [0.717, 1.165) is 0 Å². The van der Waals surface area contributed by atoms with Crippen molar-refractivity contribution >= 4 is 26.1 Å². The zero-order chi connectivity index (χ0) is 9.28. The van der Waals surface area contributed by atoms with Crippen molar-refractivity contribution in [1.29, 1.82) is 0 Å². The van der Waals surface area contributed by atoms with Gasteiger partial charge in [-0.25, -0.2) is 0 Å². The van der Waals surface area contributed by atoms with Gasteiger partial charge in [-0.15, -0.1) is 9.24 Å². The third-order valence-corrected chi connectivity index (χ3v) is 0.702. The molecule has 0 saturated heterocycles. The summed E-state index contributed by atoms with van der Waals surface area (Å²) in [6, 6.07) is 0. The van der Waals surface area contributed by atoms with Crippen molar-refractivity contribution in [2.45, 2.75) is 0 Å². The molecule has 5 heteroatoms. The predicted molar refractivity (Wildman–Crippen MR) is 52.7 cm³/mol. The van der Waals surface area contributed by atoms with Gasteiger partial charge >= 0.3 is 0 Å². The molecule has 0 aliphatic heterocycles. The Labute approximate surface area is 73.5 Å². The van der Waals surface area contributed by atoms with Gasteiger partial charge in [-0.2, -0.15) is 0 Å². The SMILES string of the molecule is C[S+](C)C.O=C([O-])CNCP. The van der Waals surface area contributed by atoms with Crippen molar-refractivity contribution in [3.63, 3.8) is 0 Å². The number of rotatable bonds is 3. The molecular formula is C6H16NO2PS. The molecule has 0 amide bonds. The minimum absolute atomic E-state index is 0.0660. The fraction of sp³-hybridized carbons (Fsp3) is 0.833. The van der Waals surface area contributed by atoms with Crippen LogP contribution >= 0.6 is 9.24 Å². The van der Waals surface area contributed by atoms with Gasteiger partial charge in [0.2, 0.25) is 0 Å². The quantitative estimate of drug-likeness (QED) is 0.450. The monoisotopic (exact) mass is 197 g/mol. The third-order valence-electron chi connectivity index (χ3n) is 0.414. The van der Waals surface area contributed by atoms with E-state index in [1.165, 1.54) is 0 Å². The highest BCUT2D eigenvalue weighted by molar-refractivity contribution is 7.94. The van der Waals surface area contributed by atoms with E-state index in [2.05, 4.69) is 33.3 Å². The van der Waals surface area contributed by atoms with E-state index in [9.17, 15) is 9.90 Å². The number of nitrogens with one attached hydrogen (secondary N) is 1. The molecule has 1 unspecified atom stereocenters. The summed E-state index contributed by atoms with van der Waals surface area (Å²) < 4.78 is 0. The van der Waals surface area contributed by atoms with Gasteiger partial charge < -0.3 is 15.2 Å². The maximum atomic E-state index is 9.58. The van der Waals surface area contributed by atoms with E-state index in [0.29, 0.717) is 17.2 Å². The van der Waals surface area contributed by atoms with Crippen molar-refractivity contribution < 1.29 is 9.90 Å². The number of carbonyl (C=O) groups excluding carboxylic acids is 1. The van der Waals surface area contributed by atoms with Crippen LogP contribution in [0.25, 0.3) is 0 Å². The number of carbonyl (C=O) groups is 1. The first kappa shape index (κ1) is 13.8. The van der Waals surface area contributed by atoms with E-state index in [4.69, 9.17) is 0 Å². The Morgan fingerprint density at radius 3 is 2.00 bits per heavy atom. The Morgan fingerprint density at radius 2 is 1.91 bits per heavy atom. The fourth-order valence-electron chi connectivity index (χ4n) is 0.174. The van der Waals surface area contributed by atoms with Crippen LogP contribution in [0.15, 0.2) is 0 Å². The lowest BCUT2D eigenvalue weighted by atomic mass is 10.7. The summed E-state index contributed by atoms with van der Waals surface area (Å²) in [7, 11) is 2.98. The minimum atomic E-state index is -1.07. The lowest BCUT2D eigenvalue weighted by Gasteiger charge is -1.98. The van der Waals surface area contributed by atoms with Gasteiger partial charge in [0.15, 0.2) is 0 Å². The Morgan fingerprint density at radius 1 is 1.55 bits per heavy atom. The Kier molecular flexibility index (Phi) is 12.8. The van der Waals surface area contributed by atoms with Crippen LogP contribution in [0.4, 0.5) is 0 Å². The summed E-state index contributed by atoms with van der Waals surface area (Å²) in [5, 5.41) is 12.1. The van der Waals surface area contributed by atoms with Crippen molar-refractivity contribution in [3.05, 3.63) is 0 Å². The van der Waals surface area contributed by atoms with Gasteiger partial charge in [-0.1, -0.05) is 0 Å². The van der Waals surface area contributed by atoms with Crippen LogP contribution in [0.3, 0.4) is 0 Å². The molecule has 0 aliphatic carbocycles. The van der Waals surface area contributed by atoms with E-state index >= 15 is 0 Å². The Bertz CT molecular complexity index is 97.8. The molecule has 0 aliphatic rings. The minimum Gasteiger partial charge on any atom is -0.549 e. The standard InChI is InChI=1S/C3H8NO2P.C3H9S/c5-3(6)1-4-2-7;1-4(2)3/h4H,1-2,7H2,(H,5,6);1-3H3/q;+1/p-1. The molecule has 0 fully saturated rings. The second-order valence-electron chi connectivity index (χ2n) is 2.23. The molecule has 0 aromatic heterocycles. The first-order valence-corrected chi connectivity index (χ1v) is 6.37. The average molecular weight is 197 g/mol. The average Bonchev–Trinajstić information content (AvgIpc) is 1.82. The topological polar surface area (TPSA) is 52.2 Å².